The van der Waals surface area contributed by atoms with Crippen molar-refractivity contribution in [1.82, 2.24) is 4.90 Å². The number of rotatable bonds is 5. The summed E-state index contributed by atoms with van der Waals surface area (Å²) in [5.74, 6) is 0.958. The number of methoxy groups -OCH3 is 1. The highest BCUT2D eigenvalue weighted by Crippen LogP contribution is 2.33. The minimum atomic E-state index is -0.472. The zero-order valence-electron chi connectivity index (χ0n) is 15.1. The van der Waals surface area contributed by atoms with E-state index in [9.17, 15) is 9.59 Å². The molecule has 1 aromatic rings. The molecule has 2 heterocycles. The molecule has 1 fully saturated rings. The van der Waals surface area contributed by atoms with Crippen LogP contribution in [0, 0.1) is 0 Å². The summed E-state index contributed by atoms with van der Waals surface area (Å²) in [5, 5.41) is 0. The van der Waals surface area contributed by atoms with Crippen molar-refractivity contribution in [1.29, 1.82) is 0 Å². The average Bonchev–Trinajstić information content (AvgIpc) is 3.32. The van der Waals surface area contributed by atoms with Gasteiger partial charge in [0.05, 0.1) is 7.11 Å². The fourth-order valence-electron chi connectivity index (χ4n) is 3.17. The molecule has 0 aromatic heterocycles. The Morgan fingerprint density at radius 3 is 2.85 bits per heavy atom. The number of amides is 1. The van der Waals surface area contributed by atoms with Gasteiger partial charge in [-0.2, -0.15) is 0 Å². The summed E-state index contributed by atoms with van der Waals surface area (Å²) >= 11 is 0. The Labute approximate surface area is 153 Å². The minimum Gasteiger partial charge on any atom is -0.467 e. The van der Waals surface area contributed by atoms with Gasteiger partial charge >= 0.3 is 5.97 Å². The van der Waals surface area contributed by atoms with Crippen LogP contribution >= 0.6 is 0 Å². The first-order chi connectivity index (χ1) is 12.6. The number of hydrogen-bond acceptors (Lipinski definition) is 5. The summed E-state index contributed by atoms with van der Waals surface area (Å²) in [7, 11) is 1.35. The van der Waals surface area contributed by atoms with Crippen molar-refractivity contribution in [3.8, 4) is 11.5 Å². The Hall–Kier alpha value is -2.76. The predicted molar refractivity (Wildman–Crippen MR) is 96.7 cm³/mol. The second-order valence-corrected chi connectivity index (χ2v) is 6.23. The first-order valence-corrected chi connectivity index (χ1v) is 8.79. The van der Waals surface area contributed by atoms with E-state index >= 15 is 0 Å². The van der Waals surface area contributed by atoms with Crippen molar-refractivity contribution >= 4 is 18.0 Å². The number of hydrogen-bond donors (Lipinski definition) is 0. The van der Waals surface area contributed by atoms with Gasteiger partial charge in [-0.05, 0) is 42.5 Å². The standard InChI is InChI=1S/C20H23NO5/c1-3-14(11-15-6-8-17-18(12-15)26-13-25-17)7-9-19(22)21-10-4-5-16(21)20(23)24-2/h6-9,11-12,16H,3-5,10,13H2,1-2H3/b9-7+,14-11+/t16-/m0/s1. The Kier molecular flexibility index (Phi) is 5.61. The summed E-state index contributed by atoms with van der Waals surface area (Å²) in [6.45, 7) is 2.85. The van der Waals surface area contributed by atoms with Crippen molar-refractivity contribution in [2.45, 2.75) is 32.2 Å². The van der Waals surface area contributed by atoms with Crippen molar-refractivity contribution in [2.24, 2.45) is 0 Å². The zero-order valence-corrected chi connectivity index (χ0v) is 15.1. The third-order valence-electron chi connectivity index (χ3n) is 4.61. The van der Waals surface area contributed by atoms with Crippen LogP contribution in [0.1, 0.15) is 31.7 Å². The maximum absolute atomic E-state index is 12.5. The Morgan fingerprint density at radius 2 is 2.08 bits per heavy atom. The van der Waals surface area contributed by atoms with Gasteiger partial charge in [0.25, 0.3) is 0 Å². The summed E-state index contributed by atoms with van der Waals surface area (Å²) in [4.78, 5) is 25.8. The summed E-state index contributed by atoms with van der Waals surface area (Å²) in [5.41, 5.74) is 1.99. The molecule has 2 aliphatic rings. The van der Waals surface area contributed by atoms with E-state index in [2.05, 4.69) is 0 Å². The highest BCUT2D eigenvalue weighted by molar-refractivity contribution is 5.92. The largest absolute Gasteiger partial charge is 0.467 e. The maximum atomic E-state index is 12.5. The van der Waals surface area contributed by atoms with Crippen molar-refractivity contribution < 1.29 is 23.8 Å². The number of benzene rings is 1. The van der Waals surface area contributed by atoms with Gasteiger partial charge in [0.2, 0.25) is 12.7 Å². The van der Waals surface area contributed by atoms with Crippen LogP contribution in [0.25, 0.3) is 6.08 Å². The summed E-state index contributed by atoms with van der Waals surface area (Å²) in [6, 6.07) is 5.27. The lowest BCUT2D eigenvalue weighted by atomic mass is 10.1. The molecule has 6 nitrogen and oxygen atoms in total. The van der Waals surface area contributed by atoms with Gasteiger partial charge in [0, 0.05) is 12.6 Å². The normalized spacial score (nSPS) is 19.2. The molecule has 0 saturated carbocycles. The number of ether oxygens (including phenoxy) is 3. The first kappa shape index (κ1) is 18.0. The van der Waals surface area contributed by atoms with E-state index in [4.69, 9.17) is 14.2 Å². The van der Waals surface area contributed by atoms with Gasteiger partial charge in [0.1, 0.15) is 6.04 Å². The van der Waals surface area contributed by atoms with Crippen LogP contribution in [0.5, 0.6) is 11.5 Å². The van der Waals surface area contributed by atoms with Crippen LogP contribution in [0.15, 0.2) is 35.9 Å². The van der Waals surface area contributed by atoms with Gasteiger partial charge in [-0.15, -0.1) is 0 Å². The molecule has 3 rings (SSSR count). The second kappa shape index (κ2) is 8.08. The molecule has 0 bridgehead atoms. The number of esters is 1. The molecule has 0 aliphatic carbocycles. The SMILES string of the molecule is CCC(/C=C/C(=O)N1CCC[C@H]1C(=O)OC)=C\c1ccc2c(c1)OCO2. The van der Waals surface area contributed by atoms with Crippen LogP contribution in [0.3, 0.4) is 0 Å². The fraction of sp³-hybridized carbons (Fsp3) is 0.400. The topological polar surface area (TPSA) is 65.1 Å². The van der Waals surface area contributed by atoms with E-state index in [-0.39, 0.29) is 18.7 Å². The third kappa shape index (κ3) is 3.90. The van der Waals surface area contributed by atoms with E-state index in [1.165, 1.54) is 13.2 Å². The van der Waals surface area contributed by atoms with E-state index in [1.54, 1.807) is 11.0 Å². The minimum absolute atomic E-state index is 0.164. The van der Waals surface area contributed by atoms with E-state index in [0.29, 0.717) is 13.0 Å². The average molecular weight is 357 g/mol. The molecule has 0 radical (unpaired) electrons. The van der Waals surface area contributed by atoms with E-state index < -0.39 is 6.04 Å². The number of nitrogens with zero attached hydrogens (tertiary/aromatic N) is 1. The summed E-state index contributed by atoms with van der Waals surface area (Å²) < 4.78 is 15.5. The zero-order chi connectivity index (χ0) is 18.5. The maximum Gasteiger partial charge on any atom is 0.328 e. The van der Waals surface area contributed by atoms with Crippen molar-refractivity contribution in [3.63, 3.8) is 0 Å². The number of allylic oxidation sites excluding steroid dienone is 2. The van der Waals surface area contributed by atoms with Gasteiger partial charge in [-0.3, -0.25) is 4.79 Å². The molecule has 1 atom stereocenters. The van der Waals surface area contributed by atoms with E-state index in [1.807, 2.05) is 31.2 Å². The number of carbonyl (C=O) groups is 2. The van der Waals surface area contributed by atoms with Gasteiger partial charge in [-0.25, -0.2) is 4.79 Å². The van der Waals surface area contributed by atoms with Gasteiger partial charge < -0.3 is 19.1 Å². The third-order valence-corrected chi connectivity index (χ3v) is 4.61. The fourth-order valence-corrected chi connectivity index (χ4v) is 3.17. The molecule has 1 aromatic carbocycles. The van der Waals surface area contributed by atoms with Crippen LogP contribution in [-0.4, -0.2) is 43.3 Å². The highest BCUT2D eigenvalue weighted by atomic mass is 16.7. The molecular weight excluding hydrogens is 334 g/mol. The Morgan fingerprint density at radius 1 is 1.27 bits per heavy atom. The predicted octanol–water partition coefficient (Wildman–Crippen LogP) is 2.93. The molecule has 26 heavy (non-hydrogen) atoms. The Bertz CT molecular complexity index is 753. The molecule has 1 amide bonds. The van der Waals surface area contributed by atoms with Crippen molar-refractivity contribution in [3.05, 3.63) is 41.5 Å². The summed E-state index contributed by atoms with van der Waals surface area (Å²) in [6.07, 6.45) is 7.59. The molecule has 0 N–H and O–H groups in total. The van der Waals surface area contributed by atoms with Crippen LogP contribution in [-0.2, 0) is 14.3 Å². The lowest BCUT2D eigenvalue weighted by Gasteiger charge is -2.21. The Balaban J connectivity index is 1.71. The van der Waals surface area contributed by atoms with Crippen LogP contribution in [0.2, 0.25) is 0 Å². The molecular formula is C20H23NO5. The van der Waals surface area contributed by atoms with Crippen molar-refractivity contribution in [2.75, 3.05) is 20.4 Å². The van der Waals surface area contributed by atoms with Gasteiger partial charge in [0.15, 0.2) is 11.5 Å². The first-order valence-electron chi connectivity index (χ1n) is 8.79. The molecule has 0 spiro atoms. The lowest BCUT2D eigenvalue weighted by Crippen LogP contribution is -2.40. The van der Waals surface area contributed by atoms with Crippen LogP contribution < -0.4 is 9.47 Å². The molecule has 2 aliphatic heterocycles. The molecule has 6 heteroatoms. The highest BCUT2D eigenvalue weighted by Gasteiger charge is 2.33. The molecule has 1 saturated heterocycles. The number of likely N-dealkylation sites (tertiary alicyclic amines) is 1. The van der Waals surface area contributed by atoms with E-state index in [0.717, 1.165) is 35.5 Å². The second-order valence-electron chi connectivity index (χ2n) is 6.23. The van der Waals surface area contributed by atoms with Gasteiger partial charge in [-0.1, -0.05) is 25.1 Å². The number of carbonyl (C=O) groups excluding carboxylic acids is 2. The quantitative estimate of drug-likeness (QED) is 0.461. The lowest BCUT2D eigenvalue weighted by molar-refractivity contribution is -0.149. The molecule has 0 unspecified atom stereocenters. The molecule has 138 valence electrons. The smallest absolute Gasteiger partial charge is 0.328 e. The van der Waals surface area contributed by atoms with Crippen LogP contribution in [0.4, 0.5) is 0 Å². The number of fused-ring (bicyclic) bond motifs is 1. The monoisotopic (exact) mass is 357 g/mol.